The van der Waals surface area contributed by atoms with Gasteiger partial charge in [-0.1, -0.05) is 26.7 Å². The molecule has 21 heavy (non-hydrogen) atoms. The second-order valence-corrected chi connectivity index (χ2v) is 7.07. The Bertz CT molecular complexity index is 438. The van der Waals surface area contributed by atoms with E-state index in [0.29, 0.717) is 12.3 Å². The summed E-state index contributed by atoms with van der Waals surface area (Å²) in [6.45, 7) is 4.33. The first-order valence-electron chi connectivity index (χ1n) is 7.90. The molecule has 0 radical (unpaired) electrons. The van der Waals surface area contributed by atoms with Crippen molar-refractivity contribution in [1.29, 1.82) is 0 Å². The van der Waals surface area contributed by atoms with E-state index in [1.807, 2.05) is 13.8 Å². The molecule has 1 saturated carbocycles. The Labute approximate surface area is 125 Å². The Balaban J connectivity index is 2.07. The monoisotopic (exact) mass is 295 g/mol. The quantitative estimate of drug-likeness (QED) is 0.764. The molecule has 0 aromatic heterocycles. The van der Waals surface area contributed by atoms with Crippen LogP contribution in [0, 0.1) is 17.3 Å². The molecule has 2 rings (SSSR count). The van der Waals surface area contributed by atoms with Crippen LogP contribution in [0.3, 0.4) is 0 Å². The fourth-order valence-electron chi connectivity index (χ4n) is 3.88. The van der Waals surface area contributed by atoms with Crippen LogP contribution in [0.4, 0.5) is 0 Å². The number of carboxylic acid groups (broad SMARTS) is 1. The number of amides is 2. The van der Waals surface area contributed by atoms with E-state index >= 15 is 0 Å². The summed E-state index contributed by atoms with van der Waals surface area (Å²) in [6, 6.07) is 0. The number of carbonyl (C=O) groups excluding carboxylic acids is 2. The van der Waals surface area contributed by atoms with E-state index < -0.39 is 11.4 Å². The van der Waals surface area contributed by atoms with E-state index in [2.05, 4.69) is 0 Å². The zero-order valence-corrected chi connectivity index (χ0v) is 12.9. The predicted molar refractivity (Wildman–Crippen MR) is 77.4 cm³/mol. The Morgan fingerprint density at radius 3 is 2.43 bits per heavy atom. The average Bonchev–Trinajstić information content (AvgIpc) is 2.90. The SMILES string of the molecule is CC(C)CC(CC(=O)O)CN1C(=O)CC2(CCCC2)C1=O. The van der Waals surface area contributed by atoms with Gasteiger partial charge in [-0.15, -0.1) is 0 Å². The van der Waals surface area contributed by atoms with E-state index in [1.165, 1.54) is 4.90 Å². The highest BCUT2D eigenvalue weighted by Gasteiger charge is 2.52. The topological polar surface area (TPSA) is 74.7 Å². The number of carboxylic acids is 1. The van der Waals surface area contributed by atoms with Crippen LogP contribution in [0.1, 0.15) is 58.8 Å². The molecule has 2 amide bonds. The third-order valence-corrected chi connectivity index (χ3v) is 4.76. The van der Waals surface area contributed by atoms with Crippen LogP contribution in [-0.2, 0) is 14.4 Å². The van der Waals surface area contributed by atoms with Gasteiger partial charge < -0.3 is 5.11 Å². The number of hydrogen-bond acceptors (Lipinski definition) is 3. The van der Waals surface area contributed by atoms with Gasteiger partial charge in [-0.05, 0) is 31.1 Å². The summed E-state index contributed by atoms with van der Waals surface area (Å²) in [4.78, 5) is 37.2. The molecule has 1 spiro atoms. The highest BCUT2D eigenvalue weighted by molar-refractivity contribution is 6.06. The van der Waals surface area contributed by atoms with E-state index in [0.717, 1.165) is 32.1 Å². The van der Waals surface area contributed by atoms with E-state index in [1.54, 1.807) is 0 Å². The van der Waals surface area contributed by atoms with Gasteiger partial charge in [0.2, 0.25) is 11.8 Å². The first-order valence-corrected chi connectivity index (χ1v) is 7.90. The van der Waals surface area contributed by atoms with Gasteiger partial charge in [0, 0.05) is 19.4 Å². The van der Waals surface area contributed by atoms with Gasteiger partial charge in [0.05, 0.1) is 5.41 Å². The molecule has 5 heteroatoms. The predicted octanol–water partition coefficient (Wildman–Crippen LogP) is 2.44. The molecule has 1 heterocycles. The molecule has 5 nitrogen and oxygen atoms in total. The van der Waals surface area contributed by atoms with Crippen molar-refractivity contribution in [2.75, 3.05) is 6.54 Å². The number of aliphatic carboxylic acids is 1. The molecule has 1 aliphatic heterocycles. The fraction of sp³-hybridized carbons (Fsp3) is 0.812. The lowest BCUT2D eigenvalue weighted by molar-refractivity contribution is -0.144. The van der Waals surface area contributed by atoms with Gasteiger partial charge in [-0.25, -0.2) is 0 Å². The van der Waals surface area contributed by atoms with Crippen molar-refractivity contribution in [3.8, 4) is 0 Å². The molecular weight excluding hydrogens is 270 g/mol. The van der Waals surface area contributed by atoms with Crippen molar-refractivity contribution in [1.82, 2.24) is 4.90 Å². The van der Waals surface area contributed by atoms with Gasteiger partial charge in [0.15, 0.2) is 0 Å². The number of carbonyl (C=O) groups is 3. The molecule has 0 aromatic carbocycles. The van der Waals surface area contributed by atoms with Crippen LogP contribution in [0.5, 0.6) is 0 Å². The molecule has 1 unspecified atom stereocenters. The molecule has 1 aliphatic carbocycles. The normalized spacial score (nSPS) is 22.5. The average molecular weight is 295 g/mol. The molecule has 1 N–H and O–H groups in total. The van der Waals surface area contributed by atoms with Gasteiger partial charge in [-0.2, -0.15) is 0 Å². The van der Waals surface area contributed by atoms with Crippen molar-refractivity contribution in [2.24, 2.45) is 17.3 Å². The third kappa shape index (κ3) is 3.44. The standard InChI is InChI=1S/C16H25NO4/c1-11(2)7-12(8-14(19)20)10-17-13(18)9-16(15(17)21)5-3-4-6-16/h11-12H,3-10H2,1-2H3,(H,19,20). The molecular formula is C16H25NO4. The third-order valence-electron chi connectivity index (χ3n) is 4.76. The van der Waals surface area contributed by atoms with Crippen molar-refractivity contribution in [2.45, 2.75) is 58.8 Å². The highest BCUT2D eigenvalue weighted by atomic mass is 16.4. The van der Waals surface area contributed by atoms with Crippen LogP contribution in [0.25, 0.3) is 0 Å². The van der Waals surface area contributed by atoms with Gasteiger partial charge in [0.25, 0.3) is 0 Å². The Hall–Kier alpha value is -1.39. The van der Waals surface area contributed by atoms with Gasteiger partial charge in [0.1, 0.15) is 0 Å². The summed E-state index contributed by atoms with van der Waals surface area (Å²) in [5.41, 5.74) is -0.456. The van der Waals surface area contributed by atoms with Crippen LogP contribution in [0.2, 0.25) is 0 Å². The van der Waals surface area contributed by atoms with Gasteiger partial charge >= 0.3 is 5.97 Å². The summed E-state index contributed by atoms with van der Waals surface area (Å²) in [5, 5.41) is 9.02. The van der Waals surface area contributed by atoms with Gasteiger partial charge in [-0.3, -0.25) is 19.3 Å². The molecule has 2 aliphatic rings. The lowest BCUT2D eigenvalue weighted by Gasteiger charge is -2.25. The zero-order chi connectivity index (χ0) is 15.6. The van der Waals surface area contributed by atoms with E-state index in [9.17, 15) is 14.4 Å². The lowest BCUT2D eigenvalue weighted by Crippen LogP contribution is -2.38. The number of imide groups is 1. The minimum absolute atomic E-state index is 0.0161. The molecule has 118 valence electrons. The van der Waals surface area contributed by atoms with E-state index in [-0.39, 0.29) is 30.7 Å². The van der Waals surface area contributed by atoms with Crippen LogP contribution >= 0.6 is 0 Å². The maximum atomic E-state index is 12.6. The summed E-state index contributed by atoms with van der Waals surface area (Å²) in [5.74, 6) is -0.824. The minimum atomic E-state index is -0.865. The minimum Gasteiger partial charge on any atom is -0.481 e. The van der Waals surface area contributed by atoms with Crippen molar-refractivity contribution in [3.63, 3.8) is 0 Å². The Morgan fingerprint density at radius 2 is 1.90 bits per heavy atom. The lowest BCUT2D eigenvalue weighted by atomic mass is 9.84. The second-order valence-electron chi connectivity index (χ2n) is 7.07. The molecule has 2 fully saturated rings. The summed E-state index contributed by atoms with van der Waals surface area (Å²) in [7, 11) is 0. The fourth-order valence-corrected chi connectivity index (χ4v) is 3.88. The largest absolute Gasteiger partial charge is 0.481 e. The summed E-state index contributed by atoms with van der Waals surface area (Å²) in [6.07, 6.45) is 4.70. The molecule has 0 bridgehead atoms. The summed E-state index contributed by atoms with van der Waals surface area (Å²) >= 11 is 0. The van der Waals surface area contributed by atoms with E-state index in [4.69, 9.17) is 5.11 Å². The van der Waals surface area contributed by atoms with Crippen LogP contribution in [-0.4, -0.2) is 34.3 Å². The Morgan fingerprint density at radius 1 is 1.29 bits per heavy atom. The highest BCUT2D eigenvalue weighted by Crippen LogP contribution is 2.47. The molecule has 1 saturated heterocycles. The number of nitrogens with zero attached hydrogens (tertiary/aromatic N) is 1. The number of rotatable bonds is 6. The van der Waals surface area contributed by atoms with Crippen molar-refractivity contribution < 1.29 is 19.5 Å². The number of hydrogen-bond donors (Lipinski definition) is 1. The Kier molecular flexibility index (Phi) is 4.69. The summed E-state index contributed by atoms with van der Waals surface area (Å²) < 4.78 is 0. The van der Waals surface area contributed by atoms with Crippen LogP contribution in [0.15, 0.2) is 0 Å². The molecule has 0 aromatic rings. The van der Waals surface area contributed by atoms with Crippen molar-refractivity contribution in [3.05, 3.63) is 0 Å². The zero-order valence-electron chi connectivity index (χ0n) is 12.9. The smallest absolute Gasteiger partial charge is 0.303 e. The maximum Gasteiger partial charge on any atom is 0.303 e. The second kappa shape index (κ2) is 6.16. The number of likely N-dealkylation sites (tertiary alicyclic amines) is 1. The maximum absolute atomic E-state index is 12.6. The van der Waals surface area contributed by atoms with Crippen LogP contribution < -0.4 is 0 Å². The van der Waals surface area contributed by atoms with Crippen molar-refractivity contribution >= 4 is 17.8 Å². The first-order chi connectivity index (χ1) is 9.84. The first kappa shape index (κ1) is 16.0. The molecule has 1 atom stereocenters.